The summed E-state index contributed by atoms with van der Waals surface area (Å²) in [6.45, 7) is 5.72. The molecule has 0 fully saturated rings. The van der Waals surface area contributed by atoms with Crippen LogP contribution in [0.3, 0.4) is 0 Å². The van der Waals surface area contributed by atoms with Crippen molar-refractivity contribution in [1.82, 2.24) is 0 Å². The molecule has 0 bridgehead atoms. The molecule has 54 valence electrons. The van der Waals surface area contributed by atoms with Gasteiger partial charge in [-0.05, 0) is 0 Å². The molecule has 0 N–H and O–H groups in total. The number of allylic oxidation sites excluding steroid dienone is 4. The van der Waals surface area contributed by atoms with E-state index < -0.39 is 0 Å². The number of hydrogen-bond donors (Lipinski definition) is 0. The van der Waals surface area contributed by atoms with Crippen molar-refractivity contribution in [2.24, 2.45) is 0 Å². The van der Waals surface area contributed by atoms with Gasteiger partial charge < -0.3 is 6.92 Å². The summed E-state index contributed by atoms with van der Waals surface area (Å²) in [5.41, 5.74) is 0. The topological polar surface area (TPSA) is 0 Å². The van der Waals surface area contributed by atoms with Gasteiger partial charge in [0.25, 0.3) is 0 Å². The van der Waals surface area contributed by atoms with Crippen molar-refractivity contribution in [3.8, 4) is 0 Å². The molecule has 1 heteroatoms. The summed E-state index contributed by atoms with van der Waals surface area (Å²) in [6, 6.07) is 0. The van der Waals surface area contributed by atoms with Crippen LogP contribution in [0.15, 0.2) is 18.2 Å². The van der Waals surface area contributed by atoms with E-state index in [-0.39, 0.29) is 21.7 Å². The molecule has 0 aromatic heterocycles. The van der Waals surface area contributed by atoms with E-state index in [2.05, 4.69) is 26.0 Å². The minimum Gasteiger partial charge on any atom is -0.343 e. The Hall–Kier alpha value is 0.194. The molecular weight excluding hydrogens is 156 g/mol. The van der Waals surface area contributed by atoms with E-state index in [0.29, 0.717) is 0 Å². The van der Waals surface area contributed by atoms with Crippen LogP contribution in [-0.2, 0) is 21.7 Å². The molecule has 0 aliphatic heterocycles. The first-order valence-electron chi connectivity index (χ1n) is 3.42. The van der Waals surface area contributed by atoms with Crippen molar-refractivity contribution in [2.75, 3.05) is 0 Å². The Bertz CT molecular complexity index is 80.9. The molecule has 0 atom stereocenters. The second-order valence-electron chi connectivity index (χ2n) is 1.86. The fraction of sp³-hybridized carbons (Fsp3) is 0.444. The van der Waals surface area contributed by atoms with Crippen molar-refractivity contribution in [3.63, 3.8) is 0 Å². The summed E-state index contributed by atoms with van der Waals surface area (Å²) in [7, 11) is 0. The standard InChI is InChI=1S/C5H5.C4H9.Ti/c1-2-4-5-3-1;1-3-4-2;/h1-3H,4H2;1,3-4H2,2H3;/q2*-1;+2. The zero-order chi connectivity index (χ0) is 6.95. The number of hydrogen-bond acceptors (Lipinski definition) is 0. The van der Waals surface area contributed by atoms with E-state index in [1.165, 1.54) is 6.42 Å². The van der Waals surface area contributed by atoms with Gasteiger partial charge in [0.2, 0.25) is 0 Å². The third kappa shape index (κ3) is 11.1. The Kier molecular flexibility index (Phi) is 15.3. The van der Waals surface area contributed by atoms with Crippen LogP contribution >= 0.6 is 0 Å². The van der Waals surface area contributed by atoms with Gasteiger partial charge in [-0.1, -0.05) is 13.3 Å². The van der Waals surface area contributed by atoms with E-state index in [0.717, 1.165) is 12.8 Å². The van der Waals surface area contributed by atoms with E-state index in [9.17, 15) is 0 Å². The largest absolute Gasteiger partial charge is 2.00 e. The maximum atomic E-state index is 3.60. The molecule has 1 aliphatic rings. The van der Waals surface area contributed by atoms with Gasteiger partial charge in [0.1, 0.15) is 0 Å². The van der Waals surface area contributed by atoms with Gasteiger partial charge in [0.05, 0.1) is 0 Å². The van der Waals surface area contributed by atoms with Crippen molar-refractivity contribution in [1.29, 1.82) is 0 Å². The zero-order valence-corrected chi connectivity index (χ0v) is 8.12. The predicted octanol–water partition coefficient (Wildman–Crippen LogP) is 2.92. The number of rotatable bonds is 1. The smallest absolute Gasteiger partial charge is 0.343 e. The van der Waals surface area contributed by atoms with Crippen LogP contribution in [0.5, 0.6) is 0 Å². The molecule has 0 saturated carbocycles. The van der Waals surface area contributed by atoms with Crippen LogP contribution in [0.4, 0.5) is 0 Å². The molecule has 10 heavy (non-hydrogen) atoms. The van der Waals surface area contributed by atoms with Gasteiger partial charge in [0, 0.05) is 0 Å². The molecule has 0 aromatic rings. The minimum absolute atomic E-state index is 0. The van der Waals surface area contributed by atoms with Gasteiger partial charge in [-0.25, -0.2) is 12.2 Å². The number of unbranched alkanes of at least 4 members (excludes halogenated alkanes) is 1. The van der Waals surface area contributed by atoms with Crippen LogP contribution < -0.4 is 0 Å². The summed E-state index contributed by atoms with van der Waals surface area (Å²) >= 11 is 0. The summed E-state index contributed by atoms with van der Waals surface area (Å²) in [5, 5.41) is 0. The summed E-state index contributed by atoms with van der Waals surface area (Å²) in [6.07, 6.45) is 12.3. The van der Waals surface area contributed by atoms with Gasteiger partial charge in [0.15, 0.2) is 0 Å². The van der Waals surface area contributed by atoms with Crippen LogP contribution in [-0.4, -0.2) is 0 Å². The molecule has 0 saturated heterocycles. The Morgan fingerprint density at radius 1 is 1.60 bits per heavy atom. The molecule has 1 rings (SSSR count). The van der Waals surface area contributed by atoms with Gasteiger partial charge in [-0.2, -0.15) is 12.5 Å². The second-order valence-corrected chi connectivity index (χ2v) is 1.86. The normalized spacial score (nSPS) is 11.8. The summed E-state index contributed by atoms with van der Waals surface area (Å²) < 4.78 is 0. The molecule has 1 aliphatic carbocycles. The molecule has 0 amide bonds. The second kappa shape index (κ2) is 11.9. The molecule has 0 unspecified atom stereocenters. The molecule has 0 spiro atoms. The first-order chi connectivity index (χ1) is 4.41. The van der Waals surface area contributed by atoms with Gasteiger partial charge in [-0.15, -0.1) is 6.42 Å². The van der Waals surface area contributed by atoms with Gasteiger partial charge >= 0.3 is 21.7 Å². The average Bonchev–Trinajstić information content (AvgIpc) is 2.43. The fourth-order valence-corrected chi connectivity index (χ4v) is 0.340. The Morgan fingerprint density at radius 2 is 2.20 bits per heavy atom. The van der Waals surface area contributed by atoms with E-state index >= 15 is 0 Å². The van der Waals surface area contributed by atoms with Crippen LogP contribution in [0.1, 0.15) is 26.2 Å². The Balaban J connectivity index is 0. The predicted molar refractivity (Wildman–Crippen MR) is 41.8 cm³/mol. The first-order valence-corrected chi connectivity index (χ1v) is 3.42. The quantitative estimate of drug-likeness (QED) is 0.419. The molecular formula is C9H14Ti. The van der Waals surface area contributed by atoms with Crippen molar-refractivity contribution in [2.45, 2.75) is 26.2 Å². The molecule has 0 heterocycles. The monoisotopic (exact) mass is 170 g/mol. The zero-order valence-electron chi connectivity index (χ0n) is 6.56. The minimum atomic E-state index is 0. The van der Waals surface area contributed by atoms with E-state index in [4.69, 9.17) is 0 Å². The Morgan fingerprint density at radius 3 is 2.30 bits per heavy atom. The van der Waals surface area contributed by atoms with Gasteiger partial charge in [-0.3, -0.25) is 6.08 Å². The third-order valence-electron chi connectivity index (χ3n) is 0.939. The van der Waals surface area contributed by atoms with Crippen LogP contribution in [0, 0.1) is 13.0 Å². The first kappa shape index (κ1) is 12.8. The maximum absolute atomic E-state index is 3.60. The molecule has 0 nitrogen and oxygen atoms in total. The van der Waals surface area contributed by atoms with Crippen molar-refractivity contribution in [3.05, 3.63) is 31.2 Å². The Labute approximate surface area is 79.3 Å². The van der Waals surface area contributed by atoms with Crippen LogP contribution in [0.2, 0.25) is 0 Å². The molecule has 0 radical (unpaired) electrons. The van der Waals surface area contributed by atoms with Crippen molar-refractivity contribution < 1.29 is 21.7 Å². The van der Waals surface area contributed by atoms with Crippen LogP contribution in [0.25, 0.3) is 0 Å². The van der Waals surface area contributed by atoms with E-state index in [1.807, 2.05) is 12.2 Å². The summed E-state index contributed by atoms with van der Waals surface area (Å²) in [4.78, 5) is 0. The SMILES string of the molecule is [C-]1=CC=CC1.[CH2-]CCC.[Ti+2]. The average molecular weight is 170 g/mol. The maximum Gasteiger partial charge on any atom is 2.00 e. The summed E-state index contributed by atoms with van der Waals surface area (Å²) in [5.74, 6) is 0. The molecule has 0 aromatic carbocycles. The van der Waals surface area contributed by atoms with E-state index in [1.54, 1.807) is 0 Å². The fourth-order valence-electron chi connectivity index (χ4n) is 0.340. The third-order valence-corrected chi connectivity index (χ3v) is 0.939. The van der Waals surface area contributed by atoms with Crippen molar-refractivity contribution >= 4 is 0 Å².